The van der Waals surface area contributed by atoms with Crippen molar-refractivity contribution in [3.63, 3.8) is 0 Å². The molecule has 0 saturated heterocycles. The van der Waals surface area contributed by atoms with E-state index >= 15 is 0 Å². The van der Waals surface area contributed by atoms with Gasteiger partial charge in [0, 0.05) is 0 Å². The van der Waals surface area contributed by atoms with Gasteiger partial charge in [0.2, 0.25) is 0 Å². The zero-order chi connectivity index (χ0) is 14.4. The standard InChI is InChI=1S/C17H15NO2Se/c1-20-12-6-7-14-15(10-12)21-17-13-5-3-2-4-11(13)8-9-18(17)16(14)19/h2-7,10,17H,8-9H2,1H3. The van der Waals surface area contributed by atoms with E-state index in [2.05, 4.69) is 29.2 Å². The number of fused-ring (bicyclic) bond motifs is 4. The van der Waals surface area contributed by atoms with Crippen LogP contribution in [0.4, 0.5) is 0 Å². The van der Waals surface area contributed by atoms with Crippen molar-refractivity contribution in [3.8, 4) is 5.75 Å². The van der Waals surface area contributed by atoms with Gasteiger partial charge in [-0.05, 0) is 0 Å². The molecule has 1 amide bonds. The summed E-state index contributed by atoms with van der Waals surface area (Å²) in [4.78, 5) is 15.0. The van der Waals surface area contributed by atoms with Crippen molar-refractivity contribution in [2.24, 2.45) is 0 Å². The average molecular weight is 344 g/mol. The van der Waals surface area contributed by atoms with Gasteiger partial charge in [-0.15, -0.1) is 0 Å². The normalized spacial score (nSPS) is 19.6. The molecule has 4 rings (SSSR count). The Morgan fingerprint density at radius 2 is 2.10 bits per heavy atom. The van der Waals surface area contributed by atoms with Crippen LogP contribution in [-0.2, 0) is 6.42 Å². The fourth-order valence-corrected chi connectivity index (χ4v) is 5.96. The summed E-state index contributed by atoms with van der Waals surface area (Å²) >= 11 is 0.217. The van der Waals surface area contributed by atoms with E-state index in [4.69, 9.17) is 4.74 Å². The molecule has 4 heteroatoms. The molecule has 2 aromatic carbocycles. The van der Waals surface area contributed by atoms with Crippen molar-refractivity contribution in [1.82, 2.24) is 4.90 Å². The number of rotatable bonds is 1. The van der Waals surface area contributed by atoms with Crippen molar-refractivity contribution < 1.29 is 9.53 Å². The minimum absolute atomic E-state index is 0.167. The Labute approximate surface area is 130 Å². The Kier molecular flexibility index (Phi) is 3.02. The van der Waals surface area contributed by atoms with E-state index < -0.39 is 0 Å². The molecule has 2 heterocycles. The van der Waals surface area contributed by atoms with Crippen LogP contribution in [0.3, 0.4) is 0 Å². The maximum atomic E-state index is 12.8. The van der Waals surface area contributed by atoms with Gasteiger partial charge in [0.1, 0.15) is 0 Å². The molecule has 0 saturated carbocycles. The monoisotopic (exact) mass is 345 g/mol. The van der Waals surface area contributed by atoms with Crippen LogP contribution < -0.4 is 9.20 Å². The van der Waals surface area contributed by atoms with Gasteiger partial charge >= 0.3 is 130 Å². The molecule has 2 aliphatic heterocycles. The number of hydrogen-bond acceptors (Lipinski definition) is 2. The van der Waals surface area contributed by atoms with Crippen LogP contribution in [0, 0.1) is 0 Å². The third-order valence-electron chi connectivity index (χ3n) is 4.14. The summed E-state index contributed by atoms with van der Waals surface area (Å²) in [7, 11) is 1.67. The third-order valence-corrected chi connectivity index (χ3v) is 6.92. The molecule has 21 heavy (non-hydrogen) atoms. The second kappa shape index (κ2) is 4.90. The first-order valence-corrected chi connectivity index (χ1v) is 8.86. The molecule has 2 aliphatic rings. The van der Waals surface area contributed by atoms with Gasteiger partial charge in [-0.25, -0.2) is 0 Å². The summed E-state index contributed by atoms with van der Waals surface area (Å²) in [6.45, 7) is 0.827. The van der Waals surface area contributed by atoms with Gasteiger partial charge in [-0.3, -0.25) is 0 Å². The van der Waals surface area contributed by atoms with E-state index in [1.54, 1.807) is 7.11 Å². The summed E-state index contributed by atoms with van der Waals surface area (Å²) < 4.78 is 6.46. The molecule has 0 radical (unpaired) electrons. The molecule has 0 bridgehead atoms. The molecule has 0 N–H and O–H groups in total. The number of methoxy groups -OCH3 is 1. The summed E-state index contributed by atoms with van der Waals surface area (Å²) in [5.74, 6) is 1.00. The minimum atomic E-state index is 0.167. The van der Waals surface area contributed by atoms with Crippen LogP contribution in [0.5, 0.6) is 5.75 Å². The SMILES string of the molecule is COc1ccc2c(c1)[Se]C1c3ccccc3CCN1C2=O. The number of nitrogens with zero attached hydrogens (tertiary/aromatic N) is 1. The molecule has 1 unspecified atom stereocenters. The summed E-state index contributed by atoms with van der Waals surface area (Å²) in [6.07, 6.45) is 0.958. The van der Waals surface area contributed by atoms with Crippen LogP contribution in [0.15, 0.2) is 42.5 Å². The Hall–Kier alpha value is -1.77. The number of carbonyl (C=O) groups excluding carboxylic acids is 1. The molecular formula is C17H15NO2Se. The molecule has 106 valence electrons. The summed E-state index contributed by atoms with van der Waals surface area (Å²) in [5.41, 5.74) is 3.57. The van der Waals surface area contributed by atoms with Gasteiger partial charge in [0.05, 0.1) is 0 Å². The second-order valence-corrected chi connectivity index (χ2v) is 7.63. The number of benzene rings is 2. The van der Waals surface area contributed by atoms with E-state index in [1.165, 1.54) is 11.1 Å². The topological polar surface area (TPSA) is 29.5 Å². The number of carbonyl (C=O) groups is 1. The molecule has 3 nitrogen and oxygen atoms in total. The average Bonchev–Trinajstić information content (AvgIpc) is 2.54. The zero-order valence-corrected chi connectivity index (χ0v) is 13.4. The quantitative estimate of drug-likeness (QED) is 0.738. The molecule has 0 fully saturated rings. The Morgan fingerprint density at radius 3 is 2.95 bits per heavy atom. The van der Waals surface area contributed by atoms with Crippen molar-refractivity contribution in [2.75, 3.05) is 13.7 Å². The van der Waals surface area contributed by atoms with Gasteiger partial charge < -0.3 is 0 Å². The van der Waals surface area contributed by atoms with Gasteiger partial charge in [0.15, 0.2) is 0 Å². The fourth-order valence-electron chi connectivity index (χ4n) is 3.04. The predicted molar refractivity (Wildman–Crippen MR) is 82.3 cm³/mol. The van der Waals surface area contributed by atoms with Crippen molar-refractivity contribution in [3.05, 3.63) is 59.2 Å². The van der Waals surface area contributed by atoms with E-state index in [9.17, 15) is 4.79 Å². The van der Waals surface area contributed by atoms with Gasteiger partial charge in [-0.2, -0.15) is 0 Å². The summed E-state index contributed by atoms with van der Waals surface area (Å²) in [5, 5.41) is 0. The number of hydrogen-bond donors (Lipinski definition) is 0. The van der Waals surface area contributed by atoms with Gasteiger partial charge in [-0.1, -0.05) is 0 Å². The maximum absolute atomic E-state index is 12.8. The summed E-state index contributed by atoms with van der Waals surface area (Å²) in [6, 6.07) is 14.3. The molecule has 0 spiro atoms. The van der Waals surface area contributed by atoms with Crippen molar-refractivity contribution in [1.29, 1.82) is 0 Å². The third kappa shape index (κ3) is 1.98. The number of amides is 1. The van der Waals surface area contributed by atoms with Gasteiger partial charge in [0.25, 0.3) is 0 Å². The second-order valence-electron chi connectivity index (χ2n) is 5.28. The van der Waals surface area contributed by atoms with Crippen LogP contribution in [-0.4, -0.2) is 39.4 Å². The van der Waals surface area contributed by atoms with Crippen LogP contribution >= 0.6 is 0 Å². The molecule has 1 atom stereocenters. The zero-order valence-electron chi connectivity index (χ0n) is 11.7. The predicted octanol–water partition coefficient (Wildman–Crippen LogP) is 1.74. The van der Waals surface area contributed by atoms with E-state index in [-0.39, 0.29) is 25.8 Å². The molecule has 0 aliphatic carbocycles. The number of ether oxygens (including phenoxy) is 1. The Bertz CT molecular complexity index is 728. The van der Waals surface area contributed by atoms with E-state index in [1.807, 2.05) is 18.2 Å². The fraction of sp³-hybridized carbons (Fsp3) is 0.235. The van der Waals surface area contributed by atoms with Crippen LogP contribution in [0.2, 0.25) is 0 Å². The van der Waals surface area contributed by atoms with Crippen molar-refractivity contribution >= 4 is 25.3 Å². The first-order valence-electron chi connectivity index (χ1n) is 7.01. The first kappa shape index (κ1) is 12.9. The molecule has 0 aromatic heterocycles. The van der Waals surface area contributed by atoms with Crippen LogP contribution in [0.25, 0.3) is 0 Å². The molecular weight excluding hydrogens is 329 g/mol. The molecule has 2 aromatic rings. The van der Waals surface area contributed by atoms with E-state index in [0.717, 1.165) is 28.7 Å². The Morgan fingerprint density at radius 1 is 1.24 bits per heavy atom. The van der Waals surface area contributed by atoms with Crippen LogP contribution in [0.1, 0.15) is 26.4 Å². The van der Waals surface area contributed by atoms with E-state index in [0.29, 0.717) is 0 Å². The first-order chi connectivity index (χ1) is 10.3. The van der Waals surface area contributed by atoms with Crippen molar-refractivity contribution in [2.45, 2.75) is 11.4 Å². The Balaban J connectivity index is 1.82.